The highest BCUT2D eigenvalue weighted by atomic mass is 32.2. The van der Waals surface area contributed by atoms with Crippen molar-refractivity contribution in [2.45, 2.75) is 13.0 Å². The molecular formula is C9H16N4O3S2. The fraction of sp³-hybridized carbons (Fsp3) is 0.667. The second kappa shape index (κ2) is 7.84. The van der Waals surface area contributed by atoms with E-state index in [1.54, 1.807) is 6.07 Å². The van der Waals surface area contributed by atoms with Gasteiger partial charge < -0.3 is 16.0 Å². The minimum absolute atomic E-state index is 0.186. The minimum Gasteiger partial charge on any atom is -0.363 e. The Kier molecular flexibility index (Phi) is 7.23. The molecule has 0 aromatic carbocycles. The Morgan fingerprint density at radius 2 is 2.06 bits per heavy atom. The highest BCUT2D eigenvalue weighted by Crippen LogP contribution is 1.92. The van der Waals surface area contributed by atoms with Crippen molar-refractivity contribution in [1.82, 2.24) is 16.0 Å². The molecule has 3 N–H and O–H groups in total. The maximum absolute atomic E-state index is 11.6. The van der Waals surface area contributed by atoms with E-state index in [0.29, 0.717) is 6.54 Å². The van der Waals surface area contributed by atoms with Crippen molar-refractivity contribution in [3.8, 4) is 6.07 Å². The van der Waals surface area contributed by atoms with Gasteiger partial charge in [0.25, 0.3) is 0 Å². The van der Waals surface area contributed by atoms with Gasteiger partial charge in [-0.3, -0.25) is 4.79 Å². The third-order valence-corrected chi connectivity index (χ3v) is 2.97. The van der Waals surface area contributed by atoms with E-state index in [9.17, 15) is 13.2 Å². The number of amides is 1. The van der Waals surface area contributed by atoms with Gasteiger partial charge in [0.15, 0.2) is 5.11 Å². The molecule has 0 rings (SSSR count). The molecular weight excluding hydrogens is 276 g/mol. The lowest BCUT2D eigenvalue weighted by molar-refractivity contribution is -0.122. The zero-order valence-corrected chi connectivity index (χ0v) is 11.8. The van der Waals surface area contributed by atoms with Crippen molar-refractivity contribution in [1.29, 1.82) is 5.26 Å². The Balaban J connectivity index is 4.67. The summed E-state index contributed by atoms with van der Waals surface area (Å²) in [6, 6.07) is 0.723. The van der Waals surface area contributed by atoms with E-state index >= 15 is 0 Å². The average Bonchev–Trinajstić information content (AvgIpc) is 2.23. The van der Waals surface area contributed by atoms with E-state index < -0.39 is 27.5 Å². The lowest BCUT2D eigenvalue weighted by atomic mass is 10.3. The normalized spacial score (nSPS) is 12.1. The molecule has 1 atom stereocenters. The predicted octanol–water partition coefficient (Wildman–Crippen LogP) is -1.48. The summed E-state index contributed by atoms with van der Waals surface area (Å²) in [6.45, 7) is 2.18. The number of carbonyl (C=O) groups excluding carboxylic acids is 1. The largest absolute Gasteiger partial charge is 0.363 e. The van der Waals surface area contributed by atoms with Gasteiger partial charge >= 0.3 is 0 Å². The van der Waals surface area contributed by atoms with Gasteiger partial charge in [-0.25, -0.2) is 8.42 Å². The molecule has 0 aromatic heterocycles. The van der Waals surface area contributed by atoms with E-state index in [1.165, 1.54) is 0 Å². The first-order valence-electron chi connectivity index (χ1n) is 5.17. The number of nitrogens with one attached hydrogen (secondary N) is 3. The third kappa shape index (κ3) is 7.81. The van der Waals surface area contributed by atoms with Crippen molar-refractivity contribution in [2.75, 3.05) is 25.1 Å². The number of sulfone groups is 1. The second-order valence-electron chi connectivity index (χ2n) is 3.52. The van der Waals surface area contributed by atoms with Crippen LogP contribution in [0.3, 0.4) is 0 Å². The number of hydrogen-bond donors (Lipinski definition) is 3. The molecule has 0 heterocycles. The maximum Gasteiger partial charge on any atom is 0.244 e. The Bertz CT molecular complexity index is 441. The van der Waals surface area contributed by atoms with Gasteiger partial charge in [-0.05, 0) is 19.1 Å². The first-order chi connectivity index (χ1) is 8.30. The molecule has 0 spiro atoms. The Labute approximate surface area is 112 Å². The van der Waals surface area contributed by atoms with Crippen molar-refractivity contribution in [2.24, 2.45) is 0 Å². The molecule has 102 valence electrons. The minimum atomic E-state index is -3.35. The summed E-state index contributed by atoms with van der Waals surface area (Å²) in [4.78, 5) is 11.6. The van der Waals surface area contributed by atoms with Crippen LogP contribution in [-0.4, -0.2) is 50.6 Å². The molecule has 0 radical (unpaired) electrons. The highest BCUT2D eigenvalue weighted by Gasteiger charge is 2.23. The molecule has 1 unspecified atom stereocenters. The van der Waals surface area contributed by atoms with E-state index in [0.717, 1.165) is 6.26 Å². The summed E-state index contributed by atoms with van der Waals surface area (Å²) in [5, 5.41) is 16.2. The molecule has 0 aromatic rings. The van der Waals surface area contributed by atoms with Crippen LogP contribution >= 0.6 is 12.2 Å². The first-order valence-corrected chi connectivity index (χ1v) is 7.63. The van der Waals surface area contributed by atoms with Crippen molar-refractivity contribution in [3.63, 3.8) is 0 Å². The van der Waals surface area contributed by atoms with E-state index in [4.69, 9.17) is 17.5 Å². The van der Waals surface area contributed by atoms with Gasteiger partial charge in [0.1, 0.15) is 22.4 Å². The smallest absolute Gasteiger partial charge is 0.244 e. The van der Waals surface area contributed by atoms with Gasteiger partial charge in [-0.15, -0.1) is 0 Å². The Hall–Kier alpha value is -1.40. The Morgan fingerprint density at radius 3 is 2.50 bits per heavy atom. The van der Waals surface area contributed by atoms with Crippen LogP contribution in [0.5, 0.6) is 0 Å². The maximum atomic E-state index is 11.6. The topological polar surface area (TPSA) is 111 Å². The van der Waals surface area contributed by atoms with E-state index in [1.807, 2.05) is 6.92 Å². The van der Waals surface area contributed by atoms with Crippen LogP contribution in [-0.2, 0) is 14.6 Å². The fourth-order valence-corrected chi connectivity index (χ4v) is 2.23. The average molecular weight is 292 g/mol. The summed E-state index contributed by atoms with van der Waals surface area (Å²) in [5.74, 6) is -0.974. The van der Waals surface area contributed by atoms with Crippen molar-refractivity contribution >= 4 is 33.1 Å². The molecule has 9 heteroatoms. The van der Waals surface area contributed by atoms with Crippen LogP contribution in [0.25, 0.3) is 0 Å². The van der Waals surface area contributed by atoms with E-state index in [-0.39, 0.29) is 11.7 Å². The zero-order valence-electron chi connectivity index (χ0n) is 10.2. The molecule has 0 saturated carbocycles. The van der Waals surface area contributed by atoms with E-state index in [2.05, 4.69) is 16.0 Å². The fourth-order valence-electron chi connectivity index (χ4n) is 1.11. The van der Waals surface area contributed by atoms with Gasteiger partial charge in [0, 0.05) is 12.8 Å². The number of rotatable bonds is 6. The van der Waals surface area contributed by atoms with Crippen molar-refractivity contribution in [3.05, 3.63) is 0 Å². The summed E-state index contributed by atoms with van der Waals surface area (Å²) in [6.07, 6.45) is 1.02. The lowest BCUT2D eigenvalue weighted by Crippen LogP contribution is -2.52. The van der Waals surface area contributed by atoms with Crippen LogP contribution in [0.15, 0.2) is 0 Å². The summed E-state index contributed by atoms with van der Waals surface area (Å²) in [7, 11) is -3.35. The molecule has 0 bridgehead atoms. The standard InChI is InChI=1S/C9H16N4O3S2/c1-3-11-9(17)13-7(6-18(2,15)16)8(14)12-5-4-10/h7H,3,5-6H2,1-2H3,(H,12,14)(H2,11,13,17). The molecule has 0 aliphatic carbocycles. The SMILES string of the molecule is CCNC(=S)NC(CS(C)(=O)=O)C(=O)NCC#N. The molecule has 0 aliphatic rings. The first kappa shape index (κ1) is 16.6. The number of thiocarbonyl (C=S) groups is 1. The second-order valence-corrected chi connectivity index (χ2v) is 6.12. The number of hydrogen-bond acceptors (Lipinski definition) is 5. The molecule has 7 nitrogen and oxygen atoms in total. The summed E-state index contributed by atoms with van der Waals surface area (Å²) in [5.41, 5.74) is 0. The number of nitriles is 1. The summed E-state index contributed by atoms with van der Waals surface area (Å²) >= 11 is 4.89. The zero-order chi connectivity index (χ0) is 14.2. The molecule has 0 fully saturated rings. The molecule has 1 amide bonds. The van der Waals surface area contributed by atoms with Gasteiger partial charge in [-0.2, -0.15) is 5.26 Å². The monoisotopic (exact) mass is 292 g/mol. The van der Waals surface area contributed by atoms with Crippen LogP contribution < -0.4 is 16.0 Å². The quantitative estimate of drug-likeness (QED) is 0.404. The molecule has 0 saturated heterocycles. The van der Waals surface area contributed by atoms with Gasteiger partial charge in [0.2, 0.25) is 5.91 Å². The number of nitrogens with zero attached hydrogens (tertiary/aromatic N) is 1. The van der Waals surface area contributed by atoms with Gasteiger partial charge in [-0.1, -0.05) is 0 Å². The Morgan fingerprint density at radius 1 is 1.44 bits per heavy atom. The third-order valence-electron chi connectivity index (χ3n) is 1.77. The van der Waals surface area contributed by atoms with Gasteiger partial charge in [0.05, 0.1) is 11.8 Å². The van der Waals surface area contributed by atoms with Crippen LogP contribution in [0.1, 0.15) is 6.92 Å². The molecule has 18 heavy (non-hydrogen) atoms. The van der Waals surface area contributed by atoms with Crippen LogP contribution in [0.4, 0.5) is 0 Å². The lowest BCUT2D eigenvalue weighted by Gasteiger charge is -2.18. The number of carbonyl (C=O) groups is 1. The molecule has 0 aliphatic heterocycles. The van der Waals surface area contributed by atoms with Crippen LogP contribution in [0.2, 0.25) is 0 Å². The summed E-state index contributed by atoms with van der Waals surface area (Å²) < 4.78 is 22.4. The highest BCUT2D eigenvalue weighted by molar-refractivity contribution is 7.90. The van der Waals surface area contributed by atoms with Crippen LogP contribution in [0, 0.1) is 11.3 Å². The van der Waals surface area contributed by atoms with Crippen molar-refractivity contribution < 1.29 is 13.2 Å². The predicted molar refractivity (Wildman–Crippen MR) is 71.5 cm³/mol.